The van der Waals surface area contributed by atoms with Crippen molar-refractivity contribution in [3.05, 3.63) is 70.3 Å². The second-order valence-corrected chi connectivity index (χ2v) is 9.03. The van der Waals surface area contributed by atoms with Gasteiger partial charge in [0.15, 0.2) is 0 Å². The molecule has 1 aliphatic heterocycles. The summed E-state index contributed by atoms with van der Waals surface area (Å²) < 4.78 is 73.4. The first-order valence-electron chi connectivity index (χ1n) is 11.2. The highest BCUT2D eigenvalue weighted by molar-refractivity contribution is 6.31. The number of halogens is 6. The predicted octanol–water partition coefficient (Wildman–Crippen LogP) is 7.44. The van der Waals surface area contributed by atoms with Gasteiger partial charge in [-0.15, -0.1) is 0 Å². The molecule has 190 valence electrons. The van der Waals surface area contributed by atoms with Crippen molar-refractivity contribution in [2.75, 3.05) is 18.0 Å². The highest BCUT2D eigenvalue weighted by Gasteiger charge is 2.35. The van der Waals surface area contributed by atoms with Gasteiger partial charge in [0, 0.05) is 61.4 Å². The summed E-state index contributed by atoms with van der Waals surface area (Å²) in [6, 6.07) is 2.90. The average molecular weight is 516 g/mol. The maximum absolute atomic E-state index is 13.6. The van der Waals surface area contributed by atoms with Gasteiger partial charge in [0.25, 0.3) is 5.92 Å². The Morgan fingerprint density at radius 2 is 1.86 bits per heavy atom. The maximum atomic E-state index is 13.6. The van der Waals surface area contributed by atoms with Crippen molar-refractivity contribution in [2.45, 2.75) is 58.2 Å². The molecule has 0 unspecified atom stereocenters. The summed E-state index contributed by atoms with van der Waals surface area (Å²) in [4.78, 5) is 9.88. The van der Waals surface area contributed by atoms with Crippen molar-refractivity contribution in [1.82, 2.24) is 4.98 Å². The number of anilines is 1. The number of pyridine rings is 1. The topological polar surface area (TPSA) is 37.7 Å². The van der Waals surface area contributed by atoms with Gasteiger partial charge in [0.1, 0.15) is 17.6 Å². The normalized spacial score (nSPS) is 20.1. The third kappa shape index (κ3) is 7.65. The molecule has 0 aromatic carbocycles. The Bertz CT molecular complexity index is 1060. The maximum Gasteiger partial charge on any atom is 0.433 e. The molecule has 0 bridgehead atoms. The van der Waals surface area contributed by atoms with Gasteiger partial charge in [-0.05, 0) is 50.1 Å². The second-order valence-electron chi connectivity index (χ2n) is 8.59. The number of nitrogens with zero attached hydrogens (tertiary/aromatic N) is 3. The van der Waals surface area contributed by atoms with E-state index in [9.17, 15) is 22.0 Å². The van der Waals surface area contributed by atoms with Crippen LogP contribution in [-0.4, -0.2) is 36.1 Å². The fourth-order valence-corrected chi connectivity index (χ4v) is 4.00. The summed E-state index contributed by atoms with van der Waals surface area (Å²) in [5.41, 5.74) is -0.361. The molecule has 4 nitrogen and oxygen atoms in total. The lowest BCUT2D eigenvalue weighted by atomic mass is 10.1. The molecule has 0 atom stereocenters. The van der Waals surface area contributed by atoms with Crippen LogP contribution in [0.1, 0.15) is 45.6 Å². The van der Waals surface area contributed by atoms with Gasteiger partial charge in [-0.1, -0.05) is 17.7 Å². The Kier molecular flexibility index (Phi) is 8.41. The van der Waals surface area contributed by atoms with Gasteiger partial charge in [-0.3, -0.25) is 0 Å². The minimum absolute atomic E-state index is 0.113. The van der Waals surface area contributed by atoms with E-state index in [-0.39, 0.29) is 23.1 Å². The first-order chi connectivity index (χ1) is 16.3. The lowest BCUT2D eigenvalue weighted by Gasteiger charge is -2.33. The monoisotopic (exact) mass is 515 g/mol. The summed E-state index contributed by atoms with van der Waals surface area (Å²) in [5.74, 6) is -2.27. The Morgan fingerprint density at radius 3 is 2.40 bits per heavy atom. The number of alkyl halides is 5. The van der Waals surface area contributed by atoms with Crippen molar-refractivity contribution in [2.24, 2.45) is 4.99 Å². The molecule has 35 heavy (non-hydrogen) atoms. The summed E-state index contributed by atoms with van der Waals surface area (Å²) in [6.45, 7) is 4.89. The Morgan fingerprint density at radius 1 is 1.17 bits per heavy atom. The third-order valence-corrected chi connectivity index (χ3v) is 5.92. The fourth-order valence-electron chi connectivity index (χ4n) is 3.78. The van der Waals surface area contributed by atoms with Crippen LogP contribution < -0.4 is 4.90 Å². The number of hydrogen-bond acceptors (Lipinski definition) is 4. The van der Waals surface area contributed by atoms with E-state index in [0.29, 0.717) is 48.8 Å². The van der Waals surface area contributed by atoms with Crippen LogP contribution in [0, 0.1) is 0 Å². The molecule has 3 rings (SSSR count). The number of piperidine rings is 1. The van der Waals surface area contributed by atoms with Crippen LogP contribution in [0.2, 0.25) is 0 Å². The molecular formula is C25H27ClF5N3O. The first kappa shape index (κ1) is 26.9. The molecule has 1 aromatic rings. The predicted molar refractivity (Wildman–Crippen MR) is 128 cm³/mol. The van der Waals surface area contributed by atoms with Crippen LogP contribution in [-0.2, 0) is 10.7 Å². The van der Waals surface area contributed by atoms with Crippen LogP contribution >= 0.6 is 11.6 Å². The zero-order valence-corrected chi connectivity index (χ0v) is 20.4. The molecule has 1 saturated heterocycles. The van der Waals surface area contributed by atoms with Gasteiger partial charge < -0.3 is 9.64 Å². The molecule has 0 N–H and O–H groups in total. The lowest BCUT2D eigenvalue weighted by molar-refractivity contribution is -0.0580. The van der Waals surface area contributed by atoms with Crippen LogP contribution in [0.15, 0.2) is 69.7 Å². The van der Waals surface area contributed by atoms with Crippen molar-refractivity contribution in [3.63, 3.8) is 0 Å². The van der Waals surface area contributed by atoms with Gasteiger partial charge in [-0.25, -0.2) is 18.8 Å². The van der Waals surface area contributed by atoms with Crippen molar-refractivity contribution < 1.29 is 26.7 Å². The Hall–Kier alpha value is -2.68. The second kappa shape index (κ2) is 10.9. The zero-order chi connectivity index (χ0) is 25.8. The van der Waals surface area contributed by atoms with E-state index in [1.165, 1.54) is 19.9 Å². The van der Waals surface area contributed by atoms with Crippen LogP contribution in [0.25, 0.3) is 0 Å². The van der Waals surface area contributed by atoms with E-state index >= 15 is 0 Å². The third-order valence-electron chi connectivity index (χ3n) is 5.68. The van der Waals surface area contributed by atoms with E-state index in [1.54, 1.807) is 24.3 Å². The van der Waals surface area contributed by atoms with E-state index in [1.807, 2.05) is 4.90 Å². The van der Waals surface area contributed by atoms with Gasteiger partial charge >= 0.3 is 6.18 Å². The van der Waals surface area contributed by atoms with E-state index in [0.717, 1.165) is 19.2 Å². The van der Waals surface area contributed by atoms with E-state index < -0.39 is 17.8 Å². The van der Waals surface area contributed by atoms with Crippen molar-refractivity contribution in [1.29, 1.82) is 0 Å². The summed E-state index contributed by atoms with van der Waals surface area (Å²) >= 11 is 5.95. The highest BCUT2D eigenvalue weighted by Crippen LogP contribution is 2.29. The Balaban J connectivity index is 1.64. The molecule has 0 radical (unpaired) electrons. The molecule has 2 heterocycles. The molecule has 1 aromatic heterocycles. The molecular weight excluding hydrogens is 489 g/mol. The minimum Gasteiger partial charge on any atom is -0.495 e. The molecule has 0 saturated carbocycles. The summed E-state index contributed by atoms with van der Waals surface area (Å²) in [6.07, 6.45) is 3.75. The molecule has 0 amide bonds. The standard InChI is InChI=1S/C25H27ClF5N3O/c1-16(13-22(25(29,30)31)33-17(2)18-5-4-6-20(26)14-18)35-21-9-11-34(12-10-21)23-8-7-19(15-32-23)24(3,27)28/h4,6-8,13-15,21H,5,9-12H2,1-3H3. The number of allylic oxidation sites excluding steroid dienone is 8. The quantitative estimate of drug-likeness (QED) is 0.224. The first-order valence-corrected chi connectivity index (χ1v) is 11.5. The number of hydrogen-bond donors (Lipinski definition) is 0. The summed E-state index contributed by atoms with van der Waals surface area (Å²) in [5, 5.41) is 0.435. The molecule has 1 fully saturated rings. The smallest absolute Gasteiger partial charge is 0.433 e. The van der Waals surface area contributed by atoms with Gasteiger partial charge in [0.05, 0.1) is 5.76 Å². The van der Waals surface area contributed by atoms with Crippen LogP contribution in [0.5, 0.6) is 0 Å². The van der Waals surface area contributed by atoms with E-state index in [4.69, 9.17) is 16.3 Å². The number of aromatic nitrogens is 1. The lowest BCUT2D eigenvalue weighted by Crippen LogP contribution is -2.37. The number of ether oxygens (including phenoxy) is 1. The van der Waals surface area contributed by atoms with E-state index in [2.05, 4.69) is 9.98 Å². The largest absolute Gasteiger partial charge is 0.495 e. The number of rotatable bonds is 6. The van der Waals surface area contributed by atoms with Crippen LogP contribution in [0.3, 0.4) is 0 Å². The van der Waals surface area contributed by atoms with Crippen molar-refractivity contribution >= 4 is 23.1 Å². The molecule has 0 spiro atoms. The summed E-state index contributed by atoms with van der Waals surface area (Å²) in [7, 11) is 0. The molecule has 2 aliphatic rings. The van der Waals surface area contributed by atoms with Crippen molar-refractivity contribution in [3.8, 4) is 0 Å². The zero-order valence-electron chi connectivity index (χ0n) is 19.7. The Labute approximate surface area is 206 Å². The molecule has 10 heteroatoms. The van der Waals surface area contributed by atoms with Crippen LogP contribution in [0.4, 0.5) is 27.8 Å². The average Bonchev–Trinajstić information content (AvgIpc) is 2.78. The number of aliphatic imine (C=N–C) groups is 1. The van der Waals surface area contributed by atoms with Gasteiger partial charge in [0.2, 0.25) is 0 Å². The highest BCUT2D eigenvalue weighted by atomic mass is 35.5. The minimum atomic E-state index is -4.65. The SMILES string of the molecule is CC(=CC(=NC(C)=C1C=C(Cl)C=CC1)C(F)(F)F)OC1CCN(c2ccc(C(C)(F)F)cn2)CC1. The molecule has 1 aliphatic carbocycles. The fraction of sp³-hybridized carbons (Fsp3) is 0.440. The van der Waals surface area contributed by atoms with Gasteiger partial charge in [-0.2, -0.15) is 13.2 Å².